The maximum absolute atomic E-state index is 13.9. The van der Waals surface area contributed by atoms with Gasteiger partial charge >= 0.3 is 12.2 Å². The summed E-state index contributed by atoms with van der Waals surface area (Å²) < 4.78 is 47.7. The highest BCUT2D eigenvalue weighted by Crippen LogP contribution is 2.33. The van der Waals surface area contributed by atoms with E-state index in [9.17, 15) is 18.0 Å². The van der Waals surface area contributed by atoms with Crippen LogP contribution < -0.4 is 15.2 Å². The van der Waals surface area contributed by atoms with Crippen LogP contribution in [0.5, 0.6) is 11.8 Å². The molecule has 0 unspecified atom stereocenters. The Bertz CT molecular complexity index is 1720. The van der Waals surface area contributed by atoms with Crippen molar-refractivity contribution in [3.05, 3.63) is 104 Å². The number of hydrogen-bond acceptors (Lipinski definition) is 5. The van der Waals surface area contributed by atoms with Crippen LogP contribution in [0.15, 0.2) is 82.1 Å². The molecule has 0 saturated carbocycles. The summed E-state index contributed by atoms with van der Waals surface area (Å²) in [6.07, 6.45) is -4.02. The molecule has 192 valence electrons. The number of halogens is 4. The van der Waals surface area contributed by atoms with Gasteiger partial charge in [-0.25, -0.2) is 14.5 Å². The molecule has 0 saturated heterocycles. The fraction of sp³-hybridized carbons (Fsp3) is 0.148. The largest absolute Gasteiger partial charge is 0.424 e. The van der Waals surface area contributed by atoms with Gasteiger partial charge in [-0.3, -0.25) is 4.79 Å². The maximum Gasteiger partial charge on any atom is 0.416 e. The molecule has 6 rings (SSSR count). The molecule has 0 aliphatic carbocycles. The van der Waals surface area contributed by atoms with Crippen LogP contribution in [0.3, 0.4) is 0 Å². The van der Waals surface area contributed by atoms with Gasteiger partial charge in [-0.15, -0.1) is 0 Å². The van der Waals surface area contributed by atoms with Crippen LogP contribution in [0, 0.1) is 0 Å². The summed E-state index contributed by atoms with van der Waals surface area (Å²) in [5.41, 5.74) is 1.32. The molecule has 2 aromatic heterocycles. The molecule has 38 heavy (non-hydrogen) atoms. The predicted octanol–water partition coefficient (Wildman–Crippen LogP) is 6.25. The van der Waals surface area contributed by atoms with Crippen LogP contribution in [-0.4, -0.2) is 26.1 Å². The van der Waals surface area contributed by atoms with Crippen molar-refractivity contribution in [2.75, 3.05) is 11.4 Å². The second-order valence-corrected chi connectivity index (χ2v) is 9.64. The predicted molar refractivity (Wildman–Crippen MR) is 140 cm³/mol. The van der Waals surface area contributed by atoms with Crippen LogP contribution in [0.4, 0.5) is 19.1 Å². The number of fused-ring (bicyclic) bond motifs is 2. The number of imidazole rings is 1. The molecule has 1 aliphatic rings. The number of benzene rings is 3. The first kappa shape index (κ1) is 24.2. The summed E-state index contributed by atoms with van der Waals surface area (Å²) in [4.78, 5) is 27.9. The third-order valence-corrected chi connectivity index (χ3v) is 7.00. The van der Waals surface area contributed by atoms with Gasteiger partial charge in [-0.2, -0.15) is 13.2 Å². The minimum atomic E-state index is -4.45. The van der Waals surface area contributed by atoms with E-state index in [0.717, 1.165) is 16.6 Å². The molecular weight excluding hydrogens is 563 g/mol. The number of nitrogens with one attached hydrogen (secondary N) is 1. The van der Waals surface area contributed by atoms with E-state index in [2.05, 4.69) is 25.9 Å². The summed E-state index contributed by atoms with van der Waals surface area (Å²) in [6.45, 7) is 0.657. The van der Waals surface area contributed by atoms with Crippen molar-refractivity contribution in [1.82, 2.24) is 19.5 Å². The quantitative estimate of drug-likeness (QED) is 0.272. The Balaban J connectivity index is 1.40. The number of rotatable bonds is 4. The molecule has 0 atom stereocenters. The van der Waals surface area contributed by atoms with Crippen molar-refractivity contribution < 1.29 is 17.9 Å². The third kappa shape index (κ3) is 4.43. The van der Waals surface area contributed by atoms with Crippen molar-refractivity contribution in [3.8, 4) is 17.4 Å². The van der Waals surface area contributed by atoms with Crippen molar-refractivity contribution in [2.24, 2.45) is 0 Å². The highest BCUT2D eigenvalue weighted by atomic mass is 79.9. The standard InChI is InChI=1S/C27H19BrF3N5O2/c28-19-8-4-5-9-23(19)38-26-34-20-12-13-35(15-18(20)24(37)36(26)17-6-2-1-3-7-17)25-32-21-11-10-16(27(29,30)31)14-22(21)33-25/h1-11,14H,12-13,15H2,(H,32,33). The molecule has 0 amide bonds. The Morgan fingerprint density at radius 1 is 0.974 bits per heavy atom. The van der Waals surface area contributed by atoms with E-state index in [1.54, 1.807) is 18.2 Å². The molecule has 3 heterocycles. The molecule has 0 bridgehead atoms. The number of para-hydroxylation sites is 2. The topological polar surface area (TPSA) is 76.0 Å². The maximum atomic E-state index is 13.9. The Hall–Kier alpha value is -4.12. The molecule has 0 spiro atoms. The number of aromatic amines is 1. The van der Waals surface area contributed by atoms with E-state index in [1.807, 2.05) is 41.3 Å². The number of anilines is 1. The Labute approximate surface area is 222 Å². The average Bonchev–Trinajstić information content (AvgIpc) is 3.34. The fourth-order valence-corrected chi connectivity index (χ4v) is 4.82. The Kier molecular flexibility index (Phi) is 5.94. The monoisotopic (exact) mass is 581 g/mol. The smallest absolute Gasteiger partial charge is 0.416 e. The first-order valence-electron chi connectivity index (χ1n) is 11.7. The van der Waals surface area contributed by atoms with E-state index >= 15 is 0 Å². The molecule has 1 aliphatic heterocycles. The van der Waals surface area contributed by atoms with Gasteiger partial charge < -0.3 is 14.6 Å². The number of H-pyrrole nitrogens is 1. The molecule has 0 radical (unpaired) electrons. The second-order valence-electron chi connectivity index (χ2n) is 8.79. The molecule has 1 N–H and O–H groups in total. The fourth-order valence-electron chi connectivity index (χ4n) is 4.46. The first-order chi connectivity index (χ1) is 18.3. The number of alkyl halides is 3. The average molecular weight is 582 g/mol. The zero-order chi connectivity index (χ0) is 26.4. The first-order valence-corrected chi connectivity index (χ1v) is 12.5. The summed E-state index contributed by atoms with van der Waals surface area (Å²) in [5, 5.41) is 0. The molecule has 3 aromatic carbocycles. The van der Waals surface area contributed by atoms with Gasteiger partial charge in [0.1, 0.15) is 5.75 Å². The zero-order valence-corrected chi connectivity index (χ0v) is 21.3. The van der Waals surface area contributed by atoms with Crippen molar-refractivity contribution >= 4 is 32.9 Å². The highest BCUT2D eigenvalue weighted by Gasteiger charge is 2.31. The second kappa shape index (κ2) is 9.32. The van der Waals surface area contributed by atoms with Crippen LogP contribution in [-0.2, 0) is 19.1 Å². The summed E-state index contributed by atoms with van der Waals surface area (Å²) in [5.74, 6) is 0.908. The van der Waals surface area contributed by atoms with Gasteiger partial charge in [0.2, 0.25) is 5.95 Å². The number of hydrogen-bond donors (Lipinski definition) is 1. The summed E-state index contributed by atoms with van der Waals surface area (Å²) in [7, 11) is 0. The lowest BCUT2D eigenvalue weighted by Gasteiger charge is -2.28. The van der Waals surface area contributed by atoms with Gasteiger partial charge in [0.25, 0.3) is 5.56 Å². The normalized spacial score (nSPS) is 13.5. The van der Waals surface area contributed by atoms with E-state index in [0.29, 0.717) is 47.1 Å². The Morgan fingerprint density at radius 3 is 2.50 bits per heavy atom. The lowest BCUT2D eigenvalue weighted by atomic mass is 10.1. The Morgan fingerprint density at radius 2 is 1.74 bits per heavy atom. The summed E-state index contributed by atoms with van der Waals surface area (Å²) >= 11 is 3.47. The van der Waals surface area contributed by atoms with Gasteiger partial charge in [0, 0.05) is 13.0 Å². The van der Waals surface area contributed by atoms with Gasteiger partial charge in [0.05, 0.1) is 44.6 Å². The van der Waals surface area contributed by atoms with Crippen LogP contribution in [0.1, 0.15) is 16.8 Å². The van der Waals surface area contributed by atoms with E-state index in [1.165, 1.54) is 10.6 Å². The molecule has 0 fully saturated rings. The van der Waals surface area contributed by atoms with Gasteiger partial charge in [-0.1, -0.05) is 30.3 Å². The number of ether oxygens (including phenoxy) is 1. The van der Waals surface area contributed by atoms with Crippen LogP contribution in [0.25, 0.3) is 16.7 Å². The zero-order valence-electron chi connectivity index (χ0n) is 19.7. The third-order valence-electron chi connectivity index (χ3n) is 6.35. The van der Waals surface area contributed by atoms with Gasteiger partial charge in [0.15, 0.2) is 0 Å². The van der Waals surface area contributed by atoms with E-state index in [-0.39, 0.29) is 23.6 Å². The van der Waals surface area contributed by atoms with Crippen LogP contribution >= 0.6 is 15.9 Å². The lowest BCUT2D eigenvalue weighted by molar-refractivity contribution is -0.137. The lowest BCUT2D eigenvalue weighted by Crippen LogP contribution is -2.38. The molecular formula is C27H19BrF3N5O2. The minimum Gasteiger partial charge on any atom is -0.424 e. The summed E-state index contributed by atoms with van der Waals surface area (Å²) in [6, 6.07) is 19.9. The van der Waals surface area contributed by atoms with E-state index < -0.39 is 11.7 Å². The molecule has 7 nitrogen and oxygen atoms in total. The van der Waals surface area contributed by atoms with Gasteiger partial charge in [-0.05, 0) is 58.4 Å². The molecule has 5 aromatic rings. The minimum absolute atomic E-state index is 0.142. The molecule has 11 heteroatoms. The van der Waals surface area contributed by atoms with E-state index in [4.69, 9.17) is 9.72 Å². The highest BCUT2D eigenvalue weighted by molar-refractivity contribution is 9.10. The van der Waals surface area contributed by atoms with Crippen LogP contribution in [0.2, 0.25) is 0 Å². The van der Waals surface area contributed by atoms with Crippen molar-refractivity contribution in [3.63, 3.8) is 0 Å². The number of aromatic nitrogens is 4. The number of nitrogens with zero attached hydrogens (tertiary/aromatic N) is 4. The van der Waals surface area contributed by atoms with Crippen molar-refractivity contribution in [2.45, 2.75) is 19.1 Å². The SMILES string of the molecule is O=c1c2c(nc(Oc3ccccc3Br)n1-c1ccccc1)CCN(c1nc3ccc(C(F)(F)F)cc3[nH]1)C2. The van der Waals surface area contributed by atoms with Crippen molar-refractivity contribution in [1.29, 1.82) is 0 Å².